The lowest BCUT2D eigenvalue weighted by Gasteiger charge is -2.27. The second kappa shape index (κ2) is 16.8. The van der Waals surface area contributed by atoms with Gasteiger partial charge in [0.25, 0.3) is 0 Å². The van der Waals surface area contributed by atoms with E-state index in [9.17, 15) is 0 Å². The molecule has 12 aromatic rings. The van der Waals surface area contributed by atoms with Crippen LogP contribution >= 0.6 is 0 Å². The van der Waals surface area contributed by atoms with E-state index in [1.807, 2.05) is 0 Å². The highest BCUT2D eigenvalue weighted by molar-refractivity contribution is 6.09. The van der Waals surface area contributed by atoms with E-state index in [2.05, 4.69) is 276 Å². The summed E-state index contributed by atoms with van der Waals surface area (Å²) in [6.45, 7) is 0. The molecular formula is C64H44N2. The number of para-hydroxylation sites is 2. The van der Waals surface area contributed by atoms with Crippen LogP contribution in [0.4, 0.5) is 17.1 Å². The van der Waals surface area contributed by atoms with Gasteiger partial charge in [-0.15, -0.1) is 0 Å². The minimum absolute atomic E-state index is 1.07. The molecule has 0 amide bonds. The summed E-state index contributed by atoms with van der Waals surface area (Å²) in [5.74, 6) is 0. The molecule has 0 aliphatic rings. The zero-order chi connectivity index (χ0) is 43.8. The molecule has 0 bridgehead atoms. The number of fused-ring (bicyclic) bond motifs is 4. The molecular weight excluding hydrogens is 797 g/mol. The molecule has 0 saturated heterocycles. The Morgan fingerprint density at radius 3 is 1.30 bits per heavy atom. The predicted octanol–water partition coefficient (Wildman–Crippen LogP) is 17.7. The molecule has 0 spiro atoms. The summed E-state index contributed by atoms with van der Waals surface area (Å²) in [5.41, 5.74) is 18.7. The Labute approximate surface area is 385 Å². The van der Waals surface area contributed by atoms with E-state index >= 15 is 0 Å². The van der Waals surface area contributed by atoms with Gasteiger partial charge in [-0.25, -0.2) is 0 Å². The summed E-state index contributed by atoms with van der Waals surface area (Å²) in [7, 11) is 0. The van der Waals surface area contributed by atoms with Crippen molar-refractivity contribution in [3.8, 4) is 61.3 Å². The van der Waals surface area contributed by atoms with Gasteiger partial charge in [-0.2, -0.15) is 0 Å². The maximum absolute atomic E-state index is 2.40. The molecule has 1 aromatic heterocycles. The quantitative estimate of drug-likeness (QED) is 0.141. The molecule has 0 aliphatic carbocycles. The first-order valence-corrected chi connectivity index (χ1v) is 22.7. The largest absolute Gasteiger partial charge is 0.310 e. The second-order valence-electron chi connectivity index (χ2n) is 16.9. The van der Waals surface area contributed by atoms with Crippen LogP contribution in [0.5, 0.6) is 0 Å². The number of hydrogen-bond donors (Lipinski definition) is 0. The molecule has 0 fully saturated rings. The second-order valence-corrected chi connectivity index (χ2v) is 16.9. The van der Waals surface area contributed by atoms with Crippen LogP contribution < -0.4 is 4.90 Å². The molecule has 66 heavy (non-hydrogen) atoms. The van der Waals surface area contributed by atoms with Gasteiger partial charge in [0, 0.05) is 33.5 Å². The van der Waals surface area contributed by atoms with Crippen molar-refractivity contribution in [3.63, 3.8) is 0 Å². The lowest BCUT2D eigenvalue weighted by Crippen LogP contribution is -2.10. The first-order valence-electron chi connectivity index (χ1n) is 22.7. The Hall–Kier alpha value is -8.72. The van der Waals surface area contributed by atoms with Gasteiger partial charge in [-0.1, -0.05) is 212 Å². The van der Waals surface area contributed by atoms with Crippen LogP contribution in [-0.2, 0) is 0 Å². The first kappa shape index (κ1) is 38.9. The third kappa shape index (κ3) is 6.93. The van der Waals surface area contributed by atoms with E-state index in [1.54, 1.807) is 0 Å². The Bertz CT molecular complexity index is 3650. The SMILES string of the molecule is c1ccc(-c2ccccc2-c2ccccc2-c2ccccc2-c2ccc(N(c3cccc(-c4cccc5ccccc45)c3)c3cccc(-n4c5ccccc5c5ccccc54)c3)cc2)cc1. The summed E-state index contributed by atoms with van der Waals surface area (Å²) in [4.78, 5) is 2.40. The lowest BCUT2D eigenvalue weighted by molar-refractivity contribution is 1.17. The van der Waals surface area contributed by atoms with Gasteiger partial charge < -0.3 is 9.47 Å². The van der Waals surface area contributed by atoms with Crippen molar-refractivity contribution in [2.75, 3.05) is 4.90 Å². The van der Waals surface area contributed by atoms with Crippen molar-refractivity contribution in [3.05, 3.63) is 267 Å². The number of nitrogens with zero attached hydrogens (tertiary/aromatic N) is 2. The van der Waals surface area contributed by atoms with Crippen molar-refractivity contribution in [2.45, 2.75) is 0 Å². The van der Waals surface area contributed by atoms with Gasteiger partial charge >= 0.3 is 0 Å². The molecule has 12 rings (SSSR count). The van der Waals surface area contributed by atoms with Crippen molar-refractivity contribution in [1.82, 2.24) is 4.57 Å². The van der Waals surface area contributed by atoms with E-state index in [-0.39, 0.29) is 0 Å². The monoisotopic (exact) mass is 840 g/mol. The molecule has 11 aromatic carbocycles. The average molecular weight is 841 g/mol. The smallest absolute Gasteiger partial charge is 0.0541 e. The molecule has 2 heteroatoms. The van der Waals surface area contributed by atoms with Crippen molar-refractivity contribution in [2.24, 2.45) is 0 Å². The van der Waals surface area contributed by atoms with E-state index in [4.69, 9.17) is 0 Å². The van der Waals surface area contributed by atoms with Gasteiger partial charge in [0.1, 0.15) is 0 Å². The number of anilines is 3. The molecule has 0 saturated carbocycles. The molecule has 0 unspecified atom stereocenters. The minimum atomic E-state index is 1.07. The zero-order valence-electron chi connectivity index (χ0n) is 36.3. The highest BCUT2D eigenvalue weighted by Gasteiger charge is 2.19. The van der Waals surface area contributed by atoms with E-state index < -0.39 is 0 Å². The van der Waals surface area contributed by atoms with Crippen molar-refractivity contribution >= 4 is 49.6 Å². The molecule has 310 valence electrons. The van der Waals surface area contributed by atoms with Crippen LogP contribution in [0.1, 0.15) is 0 Å². The highest BCUT2D eigenvalue weighted by Crippen LogP contribution is 2.44. The fraction of sp³-hybridized carbons (Fsp3) is 0. The fourth-order valence-corrected chi connectivity index (χ4v) is 10.0. The lowest BCUT2D eigenvalue weighted by atomic mass is 9.87. The summed E-state index contributed by atoms with van der Waals surface area (Å²) >= 11 is 0. The summed E-state index contributed by atoms with van der Waals surface area (Å²) in [6.07, 6.45) is 0. The third-order valence-corrected chi connectivity index (χ3v) is 13.0. The topological polar surface area (TPSA) is 8.17 Å². The molecule has 0 N–H and O–H groups in total. The Kier molecular flexibility index (Phi) is 9.89. The van der Waals surface area contributed by atoms with Crippen molar-refractivity contribution in [1.29, 1.82) is 0 Å². The number of rotatable bonds is 9. The van der Waals surface area contributed by atoms with Gasteiger partial charge in [0.05, 0.1) is 11.0 Å². The van der Waals surface area contributed by atoms with Crippen LogP contribution in [0, 0.1) is 0 Å². The number of aromatic nitrogens is 1. The van der Waals surface area contributed by atoms with Crippen molar-refractivity contribution < 1.29 is 0 Å². The third-order valence-electron chi connectivity index (χ3n) is 13.0. The van der Waals surface area contributed by atoms with E-state index in [0.717, 1.165) is 28.3 Å². The molecule has 1 heterocycles. The van der Waals surface area contributed by atoms with Crippen LogP contribution in [0.3, 0.4) is 0 Å². The molecule has 0 radical (unpaired) electrons. The number of benzene rings is 11. The highest BCUT2D eigenvalue weighted by atomic mass is 15.1. The standard InChI is InChI=1S/C64H44N2/c1-2-19-45(20-3-1)54-28-6-8-30-57(54)59-32-10-11-33-60(59)58-31-9-7-29-55(58)47-39-41-49(42-40-47)65(50-24-16-23-48(43-50)56-36-17-22-46-21-4-5-27-53(46)56)51-25-18-26-52(44-51)66-63-37-14-12-34-61(63)62-35-13-15-38-64(62)66/h1-44H. The van der Waals surface area contributed by atoms with Crippen LogP contribution in [0.25, 0.3) is 93.9 Å². The maximum atomic E-state index is 2.40. The fourth-order valence-electron chi connectivity index (χ4n) is 10.0. The minimum Gasteiger partial charge on any atom is -0.310 e. The summed E-state index contributed by atoms with van der Waals surface area (Å²) in [6, 6.07) is 96.9. The Morgan fingerprint density at radius 1 is 0.242 bits per heavy atom. The van der Waals surface area contributed by atoms with Gasteiger partial charge in [0.2, 0.25) is 0 Å². The van der Waals surface area contributed by atoms with Crippen LogP contribution in [-0.4, -0.2) is 4.57 Å². The average Bonchev–Trinajstić information content (AvgIpc) is 3.74. The number of hydrogen-bond acceptors (Lipinski definition) is 1. The Morgan fingerprint density at radius 2 is 0.667 bits per heavy atom. The normalized spacial score (nSPS) is 11.3. The van der Waals surface area contributed by atoms with Gasteiger partial charge in [-0.05, 0) is 121 Å². The zero-order valence-corrected chi connectivity index (χ0v) is 36.3. The van der Waals surface area contributed by atoms with Crippen LogP contribution in [0.2, 0.25) is 0 Å². The first-order chi connectivity index (χ1) is 32.8. The van der Waals surface area contributed by atoms with E-state index in [1.165, 1.54) is 82.6 Å². The predicted molar refractivity (Wildman–Crippen MR) is 280 cm³/mol. The van der Waals surface area contributed by atoms with Gasteiger partial charge in [-0.3, -0.25) is 0 Å². The molecule has 0 aliphatic heterocycles. The molecule has 2 nitrogen and oxygen atoms in total. The summed E-state index contributed by atoms with van der Waals surface area (Å²) in [5, 5.41) is 4.97. The van der Waals surface area contributed by atoms with E-state index in [0.29, 0.717) is 0 Å². The molecule has 0 atom stereocenters. The maximum Gasteiger partial charge on any atom is 0.0541 e. The summed E-state index contributed by atoms with van der Waals surface area (Å²) < 4.78 is 2.40. The van der Waals surface area contributed by atoms with Crippen LogP contribution in [0.15, 0.2) is 267 Å². The Balaban J connectivity index is 0.992. The van der Waals surface area contributed by atoms with Gasteiger partial charge in [0.15, 0.2) is 0 Å².